The maximum Gasteiger partial charge on any atom is 0.345 e. The lowest BCUT2D eigenvalue weighted by molar-refractivity contribution is -0.123. The molecule has 0 aliphatic carbocycles. The number of ether oxygens (including phenoxy) is 2. The third-order valence-electron chi connectivity index (χ3n) is 4.94. The number of amides is 2. The van der Waals surface area contributed by atoms with Crippen molar-refractivity contribution in [3.05, 3.63) is 98.4 Å². The average Bonchev–Trinajstić information content (AvgIpc) is 3.08. The number of nitrogens with zero attached hydrogens (tertiary/aromatic N) is 1. The van der Waals surface area contributed by atoms with Gasteiger partial charge in [0.2, 0.25) is 0 Å². The molecular weight excluding hydrogens is 497 g/mol. The van der Waals surface area contributed by atoms with Crippen LogP contribution in [0, 0.1) is 0 Å². The Morgan fingerprint density at radius 3 is 2.38 bits per heavy atom. The van der Waals surface area contributed by atoms with Crippen LogP contribution in [-0.4, -0.2) is 29.1 Å². The first-order valence-corrected chi connectivity index (χ1v) is 11.6. The van der Waals surface area contributed by atoms with E-state index in [9.17, 15) is 14.4 Å². The normalized spacial score (nSPS) is 14.6. The average molecular weight is 514 g/mol. The van der Waals surface area contributed by atoms with Gasteiger partial charge in [0.15, 0.2) is 11.5 Å². The van der Waals surface area contributed by atoms with Crippen LogP contribution in [0.2, 0.25) is 10.0 Å². The fourth-order valence-electron chi connectivity index (χ4n) is 3.22. The number of thioether (sulfide) groups is 1. The van der Waals surface area contributed by atoms with Crippen LogP contribution in [0.15, 0.2) is 71.6 Å². The van der Waals surface area contributed by atoms with Gasteiger partial charge in [0, 0.05) is 5.02 Å². The SMILES string of the molecule is COc1cc(/C=C2\SC(=O)N(Cc3ccccc3Cl)C2=O)ccc1OC(=O)c1ccccc1Cl. The fraction of sp³-hybridized carbons (Fsp3) is 0.0800. The third kappa shape index (κ3) is 5.12. The van der Waals surface area contributed by atoms with Crippen LogP contribution in [0.1, 0.15) is 21.5 Å². The van der Waals surface area contributed by atoms with E-state index in [1.54, 1.807) is 72.8 Å². The highest BCUT2D eigenvalue weighted by molar-refractivity contribution is 8.18. The summed E-state index contributed by atoms with van der Waals surface area (Å²) in [6, 6.07) is 18.4. The van der Waals surface area contributed by atoms with Crippen LogP contribution < -0.4 is 9.47 Å². The van der Waals surface area contributed by atoms with Crippen molar-refractivity contribution in [1.82, 2.24) is 4.90 Å². The lowest BCUT2D eigenvalue weighted by Crippen LogP contribution is -2.27. The van der Waals surface area contributed by atoms with Gasteiger partial charge in [-0.15, -0.1) is 0 Å². The number of carbonyl (C=O) groups is 3. The second-order valence-corrected chi connectivity index (χ2v) is 8.95. The first-order valence-electron chi connectivity index (χ1n) is 10.0. The lowest BCUT2D eigenvalue weighted by atomic mass is 10.1. The molecule has 6 nitrogen and oxygen atoms in total. The van der Waals surface area contributed by atoms with Crippen LogP contribution in [0.25, 0.3) is 6.08 Å². The highest BCUT2D eigenvalue weighted by Gasteiger charge is 2.35. The largest absolute Gasteiger partial charge is 0.493 e. The van der Waals surface area contributed by atoms with E-state index in [0.717, 1.165) is 16.7 Å². The van der Waals surface area contributed by atoms with E-state index in [-0.39, 0.29) is 38.8 Å². The Labute approximate surface area is 210 Å². The van der Waals surface area contributed by atoms with Crippen molar-refractivity contribution < 1.29 is 23.9 Å². The monoisotopic (exact) mass is 513 g/mol. The van der Waals surface area contributed by atoms with Crippen molar-refractivity contribution in [3.63, 3.8) is 0 Å². The molecule has 0 spiro atoms. The summed E-state index contributed by atoms with van der Waals surface area (Å²) in [5, 5.41) is 0.376. The van der Waals surface area contributed by atoms with Gasteiger partial charge < -0.3 is 9.47 Å². The zero-order valence-corrected chi connectivity index (χ0v) is 20.1. The second-order valence-electron chi connectivity index (χ2n) is 7.14. The predicted octanol–water partition coefficient (Wildman–Crippen LogP) is 6.46. The summed E-state index contributed by atoms with van der Waals surface area (Å²) in [4.78, 5) is 39.2. The predicted molar refractivity (Wildman–Crippen MR) is 132 cm³/mol. The molecule has 0 bridgehead atoms. The number of rotatable bonds is 6. The Balaban J connectivity index is 1.53. The zero-order chi connectivity index (χ0) is 24.2. The zero-order valence-electron chi connectivity index (χ0n) is 17.8. The smallest absolute Gasteiger partial charge is 0.345 e. The van der Waals surface area contributed by atoms with Gasteiger partial charge in [-0.05, 0) is 59.3 Å². The Morgan fingerprint density at radius 2 is 1.68 bits per heavy atom. The molecular formula is C25H17Cl2NO5S. The van der Waals surface area contributed by atoms with Crippen molar-refractivity contribution >= 4 is 58.2 Å². The van der Waals surface area contributed by atoms with E-state index in [1.165, 1.54) is 7.11 Å². The molecule has 2 amide bonds. The summed E-state index contributed by atoms with van der Waals surface area (Å²) in [6.45, 7) is 0.0853. The Hall–Kier alpha value is -3.26. The highest BCUT2D eigenvalue weighted by Crippen LogP contribution is 2.36. The second kappa shape index (κ2) is 10.3. The van der Waals surface area contributed by atoms with Crippen LogP contribution in [0.5, 0.6) is 11.5 Å². The Morgan fingerprint density at radius 1 is 0.971 bits per heavy atom. The maximum atomic E-state index is 12.9. The van der Waals surface area contributed by atoms with Gasteiger partial charge in [-0.3, -0.25) is 14.5 Å². The molecule has 1 fully saturated rings. The quantitative estimate of drug-likeness (QED) is 0.214. The van der Waals surface area contributed by atoms with Crippen LogP contribution in [0.4, 0.5) is 4.79 Å². The van der Waals surface area contributed by atoms with Crippen molar-refractivity contribution in [1.29, 1.82) is 0 Å². The molecule has 0 aromatic heterocycles. The molecule has 1 aliphatic rings. The number of imide groups is 1. The summed E-state index contributed by atoms with van der Waals surface area (Å²) in [6.07, 6.45) is 1.58. The number of benzene rings is 3. The van der Waals surface area contributed by atoms with Gasteiger partial charge in [-0.25, -0.2) is 4.79 Å². The van der Waals surface area contributed by atoms with Crippen LogP contribution in [-0.2, 0) is 11.3 Å². The van der Waals surface area contributed by atoms with E-state index in [1.807, 2.05) is 0 Å². The number of esters is 1. The summed E-state index contributed by atoms with van der Waals surface area (Å²) in [5.41, 5.74) is 1.50. The third-order valence-corrected chi connectivity index (χ3v) is 6.55. The molecule has 3 aromatic rings. The lowest BCUT2D eigenvalue weighted by Gasteiger charge is -2.13. The number of hydrogen-bond acceptors (Lipinski definition) is 6. The molecule has 0 N–H and O–H groups in total. The van der Waals surface area contributed by atoms with E-state index in [4.69, 9.17) is 32.7 Å². The van der Waals surface area contributed by atoms with Gasteiger partial charge in [-0.2, -0.15) is 0 Å². The molecule has 4 rings (SSSR count). The summed E-state index contributed by atoms with van der Waals surface area (Å²) >= 11 is 13.1. The first-order chi connectivity index (χ1) is 16.4. The summed E-state index contributed by atoms with van der Waals surface area (Å²) in [7, 11) is 1.43. The standard InChI is InChI=1S/C25H17Cl2NO5S/c1-32-21-12-15(10-11-20(21)33-24(30)17-7-3-5-9-19(17)27)13-22-23(29)28(25(31)34-22)14-16-6-2-4-8-18(16)26/h2-13H,14H2,1H3/b22-13-. The molecule has 0 atom stereocenters. The molecule has 3 aromatic carbocycles. The summed E-state index contributed by atoms with van der Waals surface area (Å²) < 4.78 is 10.8. The highest BCUT2D eigenvalue weighted by atomic mass is 35.5. The van der Waals surface area contributed by atoms with Gasteiger partial charge in [0.1, 0.15) is 0 Å². The molecule has 1 heterocycles. The van der Waals surface area contributed by atoms with E-state index in [2.05, 4.69) is 0 Å². The minimum Gasteiger partial charge on any atom is -0.493 e. The molecule has 0 unspecified atom stereocenters. The van der Waals surface area contributed by atoms with Gasteiger partial charge in [0.05, 0.1) is 29.1 Å². The van der Waals surface area contributed by atoms with Gasteiger partial charge >= 0.3 is 5.97 Å². The van der Waals surface area contributed by atoms with Gasteiger partial charge in [0.25, 0.3) is 11.1 Å². The number of halogens is 2. The van der Waals surface area contributed by atoms with Crippen molar-refractivity contribution in [2.75, 3.05) is 7.11 Å². The van der Waals surface area contributed by atoms with Crippen molar-refractivity contribution in [2.24, 2.45) is 0 Å². The molecule has 34 heavy (non-hydrogen) atoms. The molecule has 1 saturated heterocycles. The molecule has 172 valence electrons. The van der Waals surface area contributed by atoms with Crippen molar-refractivity contribution in [3.8, 4) is 11.5 Å². The molecule has 0 saturated carbocycles. The minimum absolute atomic E-state index is 0.0853. The molecule has 9 heteroatoms. The Bertz CT molecular complexity index is 1320. The van der Waals surface area contributed by atoms with Gasteiger partial charge in [-0.1, -0.05) is 59.6 Å². The number of carbonyl (C=O) groups excluding carboxylic acids is 3. The van der Waals surface area contributed by atoms with Crippen LogP contribution in [0.3, 0.4) is 0 Å². The van der Waals surface area contributed by atoms with E-state index in [0.29, 0.717) is 16.1 Å². The Kier molecular flexibility index (Phi) is 7.26. The van der Waals surface area contributed by atoms with Crippen LogP contribution >= 0.6 is 35.0 Å². The molecule has 0 radical (unpaired) electrons. The fourth-order valence-corrected chi connectivity index (χ4v) is 4.47. The minimum atomic E-state index is -0.627. The number of methoxy groups -OCH3 is 1. The first kappa shape index (κ1) is 23.9. The maximum absolute atomic E-state index is 12.9. The van der Waals surface area contributed by atoms with E-state index >= 15 is 0 Å². The number of hydrogen-bond donors (Lipinski definition) is 0. The van der Waals surface area contributed by atoms with Crippen molar-refractivity contribution in [2.45, 2.75) is 6.54 Å². The summed E-state index contributed by atoms with van der Waals surface area (Å²) in [5.74, 6) is -0.568. The van der Waals surface area contributed by atoms with E-state index < -0.39 is 11.9 Å². The topological polar surface area (TPSA) is 72.9 Å². The molecule has 1 aliphatic heterocycles.